The van der Waals surface area contributed by atoms with E-state index in [0.717, 1.165) is 17.4 Å². The summed E-state index contributed by atoms with van der Waals surface area (Å²) in [6, 6.07) is 12.6. The number of rotatable bonds is 6. The molecule has 162 valence electrons. The van der Waals surface area contributed by atoms with Crippen molar-refractivity contribution in [3.63, 3.8) is 0 Å². The maximum atomic E-state index is 13.0. The number of aryl methyl sites for hydroxylation is 1. The Bertz CT molecular complexity index is 1350. The molecule has 2 aromatic carbocycles. The normalized spacial score (nSPS) is 14.1. The van der Waals surface area contributed by atoms with Crippen molar-refractivity contribution in [1.82, 2.24) is 0 Å². The minimum Gasteiger partial charge on any atom is -0.280 e. The monoisotopic (exact) mass is 479 g/mol. The molecule has 0 spiro atoms. The molecule has 1 aliphatic heterocycles. The van der Waals surface area contributed by atoms with Crippen molar-refractivity contribution < 1.29 is 21.8 Å². The van der Waals surface area contributed by atoms with Gasteiger partial charge in [-0.05, 0) is 54.1 Å². The van der Waals surface area contributed by atoms with E-state index in [1.807, 2.05) is 0 Å². The van der Waals surface area contributed by atoms with E-state index in [1.165, 1.54) is 28.6 Å². The van der Waals surface area contributed by atoms with Crippen molar-refractivity contribution in [3.05, 3.63) is 75.7 Å². The van der Waals surface area contributed by atoms with Gasteiger partial charge in [-0.3, -0.25) is 19.1 Å². The minimum atomic E-state index is -4.06. The summed E-state index contributed by atoms with van der Waals surface area (Å²) < 4.78 is 55.3. The Kier molecular flexibility index (Phi) is 5.45. The van der Waals surface area contributed by atoms with E-state index in [-0.39, 0.29) is 20.5 Å². The number of hydrogen-bond donors (Lipinski definition) is 1. The van der Waals surface area contributed by atoms with Gasteiger partial charge in [0.25, 0.3) is 25.7 Å². The van der Waals surface area contributed by atoms with Gasteiger partial charge in [0.05, 0.1) is 15.5 Å². The molecule has 9 nitrogen and oxygen atoms in total. The van der Waals surface area contributed by atoms with Gasteiger partial charge in [-0.2, -0.15) is 0 Å². The summed E-state index contributed by atoms with van der Waals surface area (Å²) in [6.45, 7) is 0.339. The van der Waals surface area contributed by atoms with Crippen LogP contribution in [-0.4, -0.2) is 28.3 Å². The average Bonchev–Trinajstić information content (AvgIpc) is 3.29. The van der Waals surface area contributed by atoms with Gasteiger partial charge in [-0.15, -0.1) is 11.3 Å². The van der Waals surface area contributed by atoms with Crippen LogP contribution < -0.4 is 9.03 Å². The second kappa shape index (κ2) is 7.94. The molecule has 0 amide bonds. The lowest BCUT2D eigenvalue weighted by Gasteiger charge is -2.30. The third-order valence-electron chi connectivity index (χ3n) is 4.79. The van der Waals surface area contributed by atoms with E-state index in [9.17, 15) is 26.9 Å². The summed E-state index contributed by atoms with van der Waals surface area (Å²) in [7, 11) is -7.74. The molecule has 0 aliphatic carbocycles. The summed E-state index contributed by atoms with van der Waals surface area (Å²) in [4.78, 5) is 10.0. The number of non-ortho nitro benzene ring substituents is 1. The van der Waals surface area contributed by atoms with Crippen LogP contribution in [-0.2, 0) is 26.5 Å². The summed E-state index contributed by atoms with van der Waals surface area (Å²) in [5, 5.41) is 12.6. The van der Waals surface area contributed by atoms with Crippen molar-refractivity contribution >= 4 is 48.4 Å². The first kappa shape index (κ1) is 21.3. The van der Waals surface area contributed by atoms with Crippen molar-refractivity contribution in [3.8, 4) is 0 Å². The fourth-order valence-corrected chi connectivity index (χ4v) is 7.11. The molecule has 0 atom stereocenters. The first-order valence-electron chi connectivity index (χ1n) is 9.15. The van der Waals surface area contributed by atoms with Crippen LogP contribution in [0.25, 0.3) is 0 Å². The third-order valence-corrected chi connectivity index (χ3v) is 9.35. The van der Waals surface area contributed by atoms with E-state index >= 15 is 0 Å². The SMILES string of the molecule is O=[N+]([O-])c1cccc(S(=O)(=O)Nc2ccc3c(c2)CCCN3S(=O)(=O)c2cccs2)c1. The summed E-state index contributed by atoms with van der Waals surface area (Å²) in [5.41, 5.74) is 1.13. The van der Waals surface area contributed by atoms with Crippen LogP contribution in [0.1, 0.15) is 12.0 Å². The molecule has 0 radical (unpaired) electrons. The van der Waals surface area contributed by atoms with Crippen LogP contribution in [0.2, 0.25) is 0 Å². The fourth-order valence-electron chi connectivity index (χ4n) is 3.37. The highest BCUT2D eigenvalue weighted by Crippen LogP contribution is 2.35. The topological polar surface area (TPSA) is 127 Å². The molecular weight excluding hydrogens is 462 g/mol. The Morgan fingerprint density at radius 2 is 1.84 bits per heavy atom. The Labute approximate surface area is 183 Å². The highest BCUT2D eigenvalue weighted by atomic mass is 32.2. The smallest absolute Gasteiger partial charge is 0.273 e. The molecule has 0 saturated carbocycles. The van der Waals surface area contributed by atoms with Crippen LogP contribution in [0.5, 0.6) is 0 Å². The van der Waals surface area contributed by atoms with Crippen molar-refractivity contribution in [2.24, 2.45) is 0 Å². The molecule has 0 bridgehead atoms. The standard InChI is InChI=1S/C19H17N3O6S3/c23-22(24)16-5-1-6-17(13-16)30(25,26)20-15-8-9-18-14(12-15)4-2-10-21(18)31(27,28)19-7-3-11-29-19/h1,3,5-9,11-13,20H,2,4,10H2. The zero-order valence-corrected chi connectivity index (χ0v) is 18.4. The predicted molar refractivity (Wildman–Crippen MR) is 118 cm³/mol. The molecule has 4 rings (SSSR count). The molecule has 0 unspecified atom stereocenters. The van der Waals surface area contributed by atoms with Gasteiger partial charge in [0.15, 0.2) is 0 Å². The molecule has 3 aromatic rings. The minimum absolute atomic E-state index is 0.235. The molecule has 1 aromatic heterocycles. The van der Waals surface area contributed by atoms with E-state index < -0.39 is 25.0 Å². The first-order valence-corrected chi connectivity index (χ1v) is 13.0. The van der Waals surface area contributed by atoms with Gasteiger partial charge >= 0.3 is 0 Å². The van der Waals surface area contributed by atoms with E-state index in [1.54, 1.807) is 29.6 Å². The number of thiophene rings is 1. The molecule has 2 heterocycles. The van der Waals surface area contributed by atoms with Crippen LogP contribution in [0.4, 0.5) is 17.1 Å². The largest absolute Gasteiger partial charge is 0.280 e. The molecule has 0 saturated heterocycles. The number of nitro benzene ring substituents is 1. The maximum Gasteiger partial charge on any atom is 0.273 e. The second-order valence-electron chi connectivity index (χ2n) is 6.82. The molecule has 12 heteroatoms. The Morgan fingerprint density at radius 3 is 2.55 bits per heavy atom. The van der Waals surface area contributed by atoms with Crippen LogP contribution in [0.3, 0.4) is 0 Å². The molecular formula is C19H17N3O6S3. The van der Waals surface area contributed by atoms with Gasteiger partial charge in [0.2, 0.25) is 0 Å². The zero-order valence-electron chi connectivity index (χ0n) is 16.0. The van der Waals surface area contributed by atoms with Gasteiger partial charge in [0.1, 0.15) is 4.21 Å². The number of benzene rings is 2. The lowest BCUT2D eigenvalue weighted by molar-refractivity contribution is -0.385. The number of fused-ring (bicyclic) bond motifs is 1. The number of anilines is 2. The average molecular weight is 480 g/mol. The first-order chi connectivity index (χ1) is 14.7. The number of nitrogens with zero attached hydrogens (tertiary/aromatic N) is 2. The second-order valence-corrected chi connectivity index (χ2v) is 11.5. The van der Waals surface area contributed by atoms with Crippen LogP contribution >= 0.6 is 11.3 Å². The van der Waals surface area contributed by atoms with Gasteiger partial charge < -0.3 is 0 Å². The fraction of sp³-hybridized carbons (Fsp3) is 0.158. The van der Waals surface area contributed by atoms with Crippen LogP contribution in [0, 0.1) is 10.1 Å². The molecule has 1 N–H and O–H groups in total. The van der Waals surface area contributed by atoms with Crippen molar-refractivity contribution in [1.29, 1.82) is 0 Å². The lowest BCUT2D eigenvalue weighted by atomic mass is 10.0. The van der Waals surface area contributed by atoms with Crippen molar-refractivity contribution in [2.75, 3.05) is 15.6 Å². The summed E-state index contributed by atoms with van der Waals surface area (Å²) in [5.74, 6) is 0. The van der Waals surface area contributed by atoms with E-state index in [2.05, 4.69) is 4.72 Å². The number of hydrogen-bond acceptors (Lipinski definition) is 7. The molecule has 31 heavy (non-hydrogen) atoms. The number of sulfonamides is 2. The Morgan fingerprint density at radius 1 is 1.03 bits per heavy atom. The Hall–Kier alpha value is -2.96. The predicted octanol–water partition coefficient (Wildman–Crippen LogP) is 3.60. The van der Waals surface area contributed by atoms with Crippen molar-refractivity contribution in [2.45, 2.75) is 21.9 Å². The van der Waals surface area contributed by atoms with Gasteiger partial charge in [-0.1, -0.05) is 12.1 Å². The number of nitro groups is 1. The summed E-state index contributed by atoms with van der Waals surface area (Å²) >= 11 is 1.14. The maximum absolute atomic E-state index is 13.0. The molecule has 0 fully saturated rings. The zero-order chi connectivity index (χ0) is 22.2. The van der Waals surface area contributed by atoms with Gasteiger partial charge in [0, 0.05) is 24.4 Å². The lowest BCUT2D eigenvalue weighted by Crippen LogP contribution is -2.35. The number of nitrogens with one attached hydrogen (secondary N) is 1. The molecule has 1 aliphatic rings. The summed E-state index contributed by atoms with van der Waals surface area (Å²) in [6.07, 6.45) is 1.19. The van der Waals surface area contributed by atoms with Gasteiger partial charge in [-0.25, -0.2) is 16.8 Å². The highest BCUT2D eigenvalue weighted by molar-refractivity contribution is 7.94. The highest BCUT2D eigenvalue weighted by Gasteiger charge is 2.30. The van der Waals surface area contributed by atoms with Crippen LogP contribution in [0.15, 0.2) is 69.1 Å². The van der Waals surface area contributed by atoms with E-state index in [0.29, 0.717) is 30.6 Å². The third kappa shape index (κ3) is 4.13. The Balaban J connectivity index is 1.64. The van der Waals surface area contributed by atoms with E-state index in [4.69, 9.17) is 0 Å². The quantitative estimate of drug-likeness (QED) is 0.425.